The molecular weight excluding hydrogens is 334 g/mol. The van der Waals surface area contributed by atoms with Crippen LogP contribution in [-0.2, 0) is 21.1 Å². The summed E-state index contributed by atoms with van der Waals surface area (Å²) in [5.41, 5.74) is 3.54. The molecule has 2 atom stereocenters. The summed E-state index contributed by atoms with van der Waals surface area (Å²) in [5.74, 6) is -0.256. The third-order valence-electron chi connectivity index (χ3n) is 5.08. The maximum absolute atomic E-state index is 12.7. The molecule has 7 nitrogen and oxygen atoms in total. The van der Waals surface area contributed by atoms with Crippen LogP contribution in [0.4, 0.5) is 4.79 Å². The Morgan fingerprint density at radius 1 is 1.23 bits per heavy atom. The normalized spacial score (nSPS) is 22.2. The molecule has 2 saturated heterocycles. The Labute approximate surface area is 154 Å². The van der Waals surface area contributed by atoms with E-state index in [0.29, 0.717) is 19.6 Å². The van der Waals surface area contributed by atoms with Crippen molar-refractivity contribution >= 4 is 11.9 Å². The van der Waals surface area contributed by atoms with Crippen molar-refractivity contribution in [2.24, 2.45) is 0 Å². The van der Waals surface area contributed by atoms with Gasteiger partial charge in [-0.2, -0.15) is 5.06 Å². The van der Waals surface area contributed by atoms with Gasteiger partial charge in [0.25, 0.3) is 5.91 Å². The third kappa shape index (κ3) is 3.99. The van der Waals surface area contributed by atoms with E-state index in [1.165, 1.54) is 5.06 Å². The number of carbonyl (C=O) groups excluding carboxylic acids is 2. The summed E-state index contributed by atoms with van der Waals surface area (Å²) >= 11 is 0. The number of carbonyl (C=O) groups is 2. The molecule has 2 aliphatic heterocycles. The van der Waals surface area contributed by atoms with Crippen molar-refractivity contribution in [3.8, 4) is 0 Å². The summed E-state index contributed by atoms with van der Waals surface area (Å²) in [6.07, 6.45) is 3.00. The number of urea groups is 1. The zero-order valence-electron chi connectivity index (χ0n) is 15.4. The smallest absolute Gasteiger partial charge is 0.309 e. The van der Waals surface area contributed by atoms with Gasteiger partial charge in [-0.15, -0.1) is 0 Å². The number of benzene rings is 1. The maximum atomic E-state index is 12.7. The van der Waals surface area contributed by atoms with E-state index in [-0.39, 0.29) is 24.1 Å². The summed E-state index contributed by atoms with van der Waals surface area (Å²) in [6.45, 7) is 4.87. The molecule has 0 aromatic heterocycles. The highest BCUT2D eigenvalue weighted by Crippen LogP contribution is 2.30. The minimum Gasteiger partial charge on any atom is -0.309 e. The molecule has 3 rings (SSSR count). The highest BCUT2D eigenvalue weighted by molar-refractivity contribution is 5.88. The van der Waals surface area contributed by atoms with Crippen LogP contribution in [0.5, 0.6) is 0 Å². The van der Waals surface area contributed by atoms with Crippen molar-refractivity contribution in [1.29, 1.82) is 0 Å². The van der Waals surface area contributed by atoms with Gasteiger partial charge in [-0.05, 0) is 31.2 Å². The molecule has 2 heterocycles. The summed E-state index contributed by atoms with van der Waals surface area (Å²) in [5, 5.41) is 1.43. The first-order valence-corrected chi connectivity index (χ1v) is 9.36. The average molecular weight is 361 g/mol. The second-order valence-electron chi connectivity index (χ2n) is 6.79. The lowest BCUT2D eigenvalue weighted by Gasteiger charge is -2.29. The van der Waals surface area contributed by atoms with Crippen LogP contribution >= 0.6 is 0 Å². The van der Waals surface area contributed by atoms with Gasteiger partial charge in [0.15, 0.2) is 0 Å². The Kier molecular flexibility index (Phi) is 6.11. The number of amides is 3. The molecule has 2 fully saturated rings. The maximum Gasteiger partial charge on any atom is 0.345 e. The van der Waals surface area contributed by atoms with Crippen molar-refractivity contribution in [1.82, 2.24) is 15.4 Å². The van der Waals surface area contributed by atoms with Gasteiger partial charge < -0.3 is 4.90 Å². The quantitative estimate of drug-likeness (QED) is 0.723. The number of hydrogen-bond acceptors (Lipinski definition) is 4. The van der Waals surface area contributed by atoms with Gasteiger partial charge in [0, 0.05) is 6.54 Å². The second-order valence-corrected chi connectivity index (χ2v) is 6.79. The van der Waals surface area contributed by atoms with E-state index in [0.717, 1.165) is 24.8 Å². The van der Waals surface area contributed by atoms with E-state index in [9.17, 15) is 9.59 Å². The third-order valence-corrected chi connectivity index (χ3v) is 5.08. The average Bonchev–Trinajstić information content (AvgIpc) is 2.92. The van der Waals surface area contributed by atoms with Crippen LogP contribution in [0.25, 0.3) is 0 Å². The molecule has 142 valence electrons. The SMILES string of the molecule is CCC(CC)ONC(=O)C1CCC2CN1C(=O)N2OCc1ccccc1. The minimum atomic E-state index is -0.501. The van der Waals surface area contributed by atoms with Crippen molar-refractivity contribution in [3.05, 3.63) is 35.9 Å². The molecule has 0 radical (unpaired) electrons. The summed E-state index contributed by atoms with van der Waals surface area (Å²) < 4.78 is 0. The van der Waals surface area contributed by atoms with E-state index >= 15 is 0 Å². The standard InChI is InChI=1S/C19H27N3O4/c1-3-16(4-2)26-20-18(23)17-11-10-15-12-21(17)19(24)22(15)25-13-14-8-6-5-7-9-14/h5-9,15-17H,3-4,10-13H2,1-2H3,(H,20,23). The minimum absolute atomic E-state index is 0.00438. The van der Waals surface area contributed by atoms with E-state index in [2.05, 4.69) is 5.48 Å². The Balaban J connectivity index is 1.56. The second kappa shape index (κ2) is 8.51. The first-order chi connectivity index (χ1) is 12.6. The van der Waals surface area contributed by atoms with E-state index in [1.807, 2.05) is 44.2 Å². The zero-order chi connectivity index (χ0) is 18.5. The van der Waals surface area contributed by atoms with E-state index < -0.39 is 6.04 Å². The van der Waals surface area contributed by atoms with Crippen molar-refractivity contribution < 1.29 is 19.3 Å². The molecule has 2 unspecified atom stereocenters. The van der Waals surface area contributed by atoms with Crippen LogP contribution in [0.3, 0.4) is 0 Å². The Hall–Kier alpha value is -2.12. The van der Waals surface area contributed by atoms with Crippen molar-refractivity contribution in [3.63, 3.8) is 0 Å². The van der Waals surface area contributed by atoms with Crippen LogP contribution in [0.1, 0.15) is 45.1 Å². The molecule has 0 spiro atoms. The van der Waals surface area contributed by atoms with Crippen LogP contribution in [0.2, 0.25) is 0 Å². The number of hydrogen-bond donors (Lipinski definition) is 1. The van der Waals surface area contributed by atoms with E-state index in [4.69, 9.17) is 9.68 Å². The summed E-state index contributed by atoms with van der Waals surface area (Å²) in [7, 11) is 0. The monoisotopic (exact) mass is 361 g/mol. The molecule has 1 aromatic rings. The number of piperidine rings is 1. The van der Waals surface area contributed by atoms with Crippen LogP contribution in [0.15, 0.2) is 30.3 Å². The molecule has 3 amide bonds. The molecule has 0 aliphatic carbocycles. The van der Waals surface area contributed by atoms with Gasteiger partial charge in [0.2, 0.25) is 0 Å². The Bertz CT molecular complexity index is 620. The van der Waals surface area contributed by atoms with Gasteiger partial charge in [-0.25, -0.2) is 10.3 Å². The molecule has 7 heteroatoms. The van der Waals surface area contributed by atoms with Crippen molar-refractivity contribution in [2.45, 2.75) is 64.3 Å². The number of rotatable bonds is 8. The van der Waals surface area contributed by atoms with Crippen LogP contribution < -0.4 is 5.48 Å². The first-order valence-electron chi connectivity index (χ1n) is 9.36. The number of fused-ring (bicyclic) bond motifs is 2. The fourth-order valence-corrected chi connectivity index (χ4v) is 3.45. The number of nitrogens with one attached hydrogen (secondary N) is 1. The summed E-state index contributed by atoms with van der Waals surface area (Å²) in [6, 6.07) is 8.98. The molecular formula is C19H27N3O4. The van der Waals surface area contributed by atoms with Gasteiger partial charge in [-0.1, -0.05) is 44.2 Å². The molecule has 26 heavy (non-hydrogen) atoms. The lowest BCUT2D eigenvalue weighted by Crippen LogP contribution is -2.50. The molecule has 2 bridgehead atoms. The van der Waals surface area contributed by atoms with Crippen LogP contribution in [-0.4, -0.2) is 46.6 Å². The molecule has 2 aliphatic rings. The zero-order valence-corrected chi connectivity index (χ0v) is 15.4. The van der Waals surface area contributed by atoms with Crippen molar-refractivity contribution in [2.75, 3.05) is 6.54 Å². The van der Waals surface area contributed by atoms with Gasteiger partial charge in [0.05, 0.1) is 12.1 Å². The Morgan fingerprint density at radius 2 is 1.96 bits per heavy atom. The van der Waals surface area contributed by atoms with E-state index in [1.54, 1.807) is 4.90 Å². The topological polar surface area (TPSA) is 71.1 Å². The summed E-state index contributed by atoms with van der Waals surface area (Å²) in [4.78, 5) is 37.9. The lowest BCUT2D eigenvalue weighted by molar-refractivity contribution is -0.144. The molecule has 0 saturated carbocycles. The largest absolute Gasteiger partial charge is 0.345 e. The fraction of sp³-hybridized carbons (Fsp3) is 0.579. The van der Waals surface area contributed by atoms with Crippen LogP contribution in [0, 0.1) is 0 Å². The highest BCUT2D eigenvalue weighted by atomic mass is 16.7. The predicted molar refractivity (Wildman–Crippen MR) is 95.6 cm³/mol. The Morgan fingerprint density at radius 3 is 2.65 bits per heavy atom. The highest BCUT2D eigenvalue weighted by Gasteiger charge is 2.48. The predicted octanol–water partition coefficient (Wildman–Crippen LogP) is 2.62. The van der Waals surface area contributed by atoms with Gasteiger partial charge in [0.1, 0.15) is 12.6 Å². The lowest BCUT2D eigenvalue weighted by atomic mass is 10.0. The molecule has 1 aromatic carbocycles. The van der Waals surface area contributed by atoms with Gasteiger partial charge in [-0.3, -0.25) is 14.5 Å². The fourth-order valence-electron chi connectivity index (χ4n) is 3.45. The number of nitrogens with zero attached hydrogens (tertiary/aromatic N) is 2. The van der Waals surface area contributed by atoms with Gasteiger partial charge >= 0.3 is 6.03 Å². The molecule has 1 N–H and O–H groups in total. The number of hydroxylamine groups is 3. The first kappa shape index (κ1) is 18.7.